The van der Waals surface area contributed by atoms with Crippen LogP contribution in [0.4, 0.5) is 17.6 Å². The fourth-order valence-electron chi connectivity index (χ4n) is 3.02. The molecule has 184 valence electrons. The van der Waals surface area contributed by atoms with Crippen molar-refractivity contribution >= 4 is 19.2 Å². The molecule has 1 fully saturated rings. The summed E-state index contributed by atoms with van der Waals surface area (Å²) in [7, 11) is -2.26. The zero-order chi connectivity index (χ0) is 25.0. The van der Waals surface area contributed by atoms with Gasteiger partial charge in [0, 0.05) is 19.1 Å². The molecule has 0 N–H and O–H groups in total. The Kier molecular flexibility index (Phi) is 6.28. The summed E-state index contributed by atoms with van der Waals surface area (Å²) in [4.78, 5) is 8.13. The van der Waals surface area contributed by atoms with Crippen molar-refractivity contribution in [2.75, 3.05) is 13.2 Å². The number of benzene rings is 1. The van der Waals surface area contributed by atoms with E-state index in [-0.39, 0.29) is 40.9 Å². The summed E-state index contributed by atoms with van der Waals surface area (Å²) in [6, 6.07) is 1.43. The van der Waals surface area contributed by atoms with Gasteiger partial charge in [0.15, 0.2) is 14.1 Å². The van der Waals surface area contributed by atoms with Crippen molar-refractivity contribution in [1.82, 2.24) is 9.97 Å². The molecular weight excluding hydrogens is 456 g/mol. The number of fused-ring (bicyclic) bond motifs is 1. The lowest BCUT2D eigenvalue weighted by Gasteiger charge is -2.37. The first kappa shape index (κ1) is 25.7. The lowest BCUT2D eigenvalue weighted by molar-refractivity contribution is 0.0150. The van der Waals surface area contributed by atoms with E-state index in [1.807, 2.05) is 33.9 Å². The molecule has 1 heterocycles. The minimum atomic E-state index is -2.95. The van der Waals surface area contributed by atoms with Crippen LogP contribution in [-0.4, -0.2) is 43.0 Å². The smallest absolute Gasteiger partial charge is 0.320 e. The van der Waals surface area contributed by atoms with Crippen LogP contribution in [-0.2, 0) is 4.43 Å². The molecule has 1 aromatic heterocycles. The number of alkyl halides is 2. The molecule has 0 spiro atoms. The third-order valence-corrected chi connectivity index (χ3v) is 10.7. The van der Waals surface area contributed by atoms with Gasteiger partial charge in [0.25, 0.3) is 5.92 Å². The van der Waals surface area contributed by atoms with E-state index in [0.717, 1.165) is 6.07 Å². The van der Waals surface area contributed by atoms with E-state index in [1.165, 1.54) is 0 Å². The van der Waals surface area contributed by atoms with Gasteiger partial charge in [-0.15, -0.1) is 0 Å². The molecule has 0 aliphatic heterocycles. The SMILES string of the molecule is CC(C)(C)Oc1nc(OC[C@]2(CO[Si](C)(C)C(C)(C)C)CC2(F)F)nc2c(F)cc(F)cc12. The van der Waals surface area contributed by atoms with Crippen LogP contribution in [0.2, 0.25) is 18.1 Å². The lowest BCUT2D eigenvalue weighted by Crippen LogP contribution is -2.43. The number of rotatable bonds is 7. The summed E-state index contributed by atoms with van der Waals surface area (Å²) < 4.78 is 74.4. The van der Waals surface area contributed by atoms with Gasteiger partial charge in [-0.1, -0.05) is 20.8 Å². The van der Waals surface area contributed by atoms with Gasteiger partial charge in [-0.3, -0.25) is 0 Å². The van der Waals surface area contributed by atoms with Crippen LogP contribution >= 0.6 is 0 Å². The minimum Gasteiger partial charge on any atom is -0.471 e. The van der Waals surface area contributed by atoms with E-state index in [0.29, 0.717) is 6.07 Å². The minimum absolute atomic E-state index is 0.0301. The highest BCUT2D eigenvalue weighted by atomic mass is 28.4. The van der Waals surface area contributed by atoms with Crippen LogP contribution < -0.4 is 9.47 Å². The predicted octanol–water partition coefficient (Wildman–Crippen LogP) is 6.51. The van der Waals surface area contributed by atoms with Crippen LogP contribution in [0.25, 0.3) is 10.9 Å². The monoisotopic (exact) mass is 488 g/mol. The summed E-state index contributed by atoms with van der Waals surface area (Å²) in [5.41, 5.74) is -2.45. The summed E-state index contributed by atoms with van der Waals surface area (Å²) in [6.07, 6.45) is -0.382. The molecule has 3 rings (SSSR count). The van der Waals surface area contributed by atoms with Crippen molar-refractivity contribution < 1.29 is 31.5 Å². The first-order valence-electron chi connectivity index (χ1n) is 10.9. The van der Waals surface area contributed by atoms with Gasteiger partial charge in [0.2, 0.25) is 5.88 Å². The summed E-state index contributed by atoms with van der Waals surface area (Å²) in [5, 5.41) is -0.102. The number of hydrogen-bond acceptors (Lipinski definition) is 5. The van der Waals surface area contributed by atoms with Gasteiger partial charge in [-0.25, -0.2) is 17.6 Å². The first-order chi connectivity index (χ1) is 14.9. The van der Waals surface area contributed by atoms with Crippen LogP contribution in [0, 0.1) is 17.0 Å². The fourth-order valence-corrected chi connectivity index (χ4v) is 4.09. The quantitative estimate of drug-likeness (QED) is 0.328. The molecule has 0 saturated heterocycles. The van der Waals surface area contributed by atoms with Crippen molar-refractivity contribution in [1.29, 1.82) is 0 Å². The number of ether oxygens (including phenoxy) is 2. The molecular formula is C23H32F4N2O3Si. The maximum absolute atomic E-state index is 14.4. The highest BCUT2D eigenvalue weighted by molar-refractivity contribution is 6.74. The van der Waals surface area contributed by atoms with Gasteiger partial charge in [-0.05, 0) is 45.0 Å². The second kappa shape index (κ2) is 8.08. The number of hydrogen-bond donors (Lipinski definition) is 0. The van der Waals surface area contributed by atoms with Crippen molar-refractivity contribution in [3.05, 3.63) is 23.8 Å². The van der Waals surface area contributed by atoms with Crippen LogP contribution in [0.5, 0.6) is 11.9 Å². The summed E-state index contributed by atoms with van der Waals surface area (Å²) in [5.74, 6) is -4.78. The Hall–Kier alpha value is -1.94. The van der Waals surface area contributed by atoms with Gasteiger partial charge >= 0.3 is 6.01 Å². The standard InChI is InChI=1S/C23H32F4N2O3Si/c1-20(2,3)32-18-15-9-14(24)10-16(25)17(15)28-19(29-18)30-12-22(11-23(22,26)27)13-31-33(7,8)21(4,5)6/h9-10H,11-13H2,1-8H3/t22-/m0/s1. The van der Waals surface area contributed by atoms with E-state index >= 15 is 0 Å². The summed E-state index contributed by atoms with van der Waals surface area (Å²) >= 11 is 0. The van der Waals surface area contributed by atoms with E-state index in [1.54, 1.807) is 20.8 Å². The van der Waals surface area contributed by atoms with Gasteiger partial charge in [0.05, 0.1) is 10.8 Å². The third-order valence-electron chi connectivity index (χ3n) is 6.27. The molecule has 5 nitrogen and oxygen atoms in total. The maximum Gasteiger partial charge on any atom is 0.320 e. The Morgan fingerprint density at radius 1 is 1.00 bits per heavy atom. The Morgan fingerprint density at radius 3 is 2.12 bits per heavy atom. The first-order valence-corrected chi connectivity index (χ1v) is 13.8. The molecule has 2 aromatic rings. The Bertz CT molecular complexity index is 1050. The van der Waals surface area contributed by atoms with Crippen molar-refractivity contribution in [3.8, 4) is 11.9 Å². The molecule has 0 bridgehead atoms. The highest BCUT2D eigenvalue weighted by Crippen LogP contribution is 2.61. The Balaban J connectivity index is 1.88. The van der Waals surface area contributed by atoms with Gasteiger partial charge in [-0.2, -0.15) is 9.97 Å². The van der Waals surface area contributed by atoms with Crippen molar-refractivity contribution in [3.63, 3.8) is 0 Å². The molecule has 1 aliphatic rings. The molecule has 0 unspecified atom stereocenters. The van der Waals surface area contributed by atoms with E-state index in [2.05, 4.69) is 9.97 Å². The number of halogens is 4. The molecule has 0 radical (unpaired) electrons. The summed E-state index contributed by atoms with van der Waals surface area (Å²) in [6.45, 7) is 14.8. The fraction of sp³-hybridized carbons (Fsp3) is 0.652. The molecule has 1 saturated carbocycles. The lowest BCUT2D eigenvalue weighted by atomic mass is 10.1. The number of nitrogens with zero attached hydrogens (tertiary/aromatic N) is 2. The molecule has 1 aromatic carbocycles. The predicted molar refractivity (Wildman–Crippen MR) is 120 cm³/mol. The van der Waals surface area contributed by atoms with Gasteiger partial charge in [0.1, 0.15) is 23.5 Å². The van der Waals surface area contributed by atoms with Crippen molar-refractivity contribution in [2.45, 2.75) is 77.6 Å². The highest BCUT2D eigenvalue weighted by Gasteiger charge is 2.72. The number of aromatic nitrogens is 2. The zero-order valence-electron chi connectivity index (χ0n) is 20.4. The van der Waals surface area contributed by atoms with E-state index < -0.39 is 43.5 Å². The van der Waals surface area contributed by atoms with Gasteiger partial charge < -0.3 is 13.9 Å². The average Bonchev–Trinajstić information content (AvgIpc) is 3.18. The zero-order valence-corrected chi connectivity index (χ0v) is 21.4. The van der Waals surface area contributed by atoms with E-state index in [4.69, 9.17) is 13.9 Å². The average molecular weight is 489 g/mol. The molecule has 33 heavy (non-hydrogen) atoms. The maximum atomic E-state index is 14.4. The topological polar surface area (TPSA) is 53.5 Å². The normalized spacial score (nSPS) is 20.7. The Morgan fingerprint density at radius 2 is 1.61 bits per heavy atom. The van der Waals surface area contributed by atoms with Crippen molar-refractivity contribution in [2.24, 2.45) is 5.41 Å². The molecule has 0 amide bonds. The largest absolute Gasteiger partial charge is 0.471 e. The second-order valence-corrected chi connectivity index (χ2v) is 16.1. The van der Waals surface area contributed by atoms with E-state index in [9.17, 15) is 17.6 Å². The molecule has 10 heteroatoms. The van der Waals surface area contributed by atoms with Crippen LogP contribution in [0.3, 0.4) is 0 Å². The third kappa shape index (κ3) is 5.42. The van der Waals surface area contributed by atoms with Crippen LogP contribution in [0.15, 0.2) is 12.1 Å². The molecule has 1 aliphatic carbocycles. The molecule has 1 atom stereocenters. The Labute approximate surface area is 193 Å². The van der Waals surface area contributed by atoms with Crippen LogP contribution in [0.1, 0.15) is 48.0 Å². The second-order valence-electron chi connectivity index (χ2n) is 11.3.